The van der Waals surface area contributed by atoms with Crippen LogP contribution in [-0.2, 0) is 6.61 Å². The zero-order valence-corrected chi connectivity index (χ0v) is 10.8. The predicted octanol–water partition coefficient (Wildman–Crippen LogP) is 3.11. The molecule has 0 amide bonds. The average molecular weight is 276 g/mol. The first-order chi connectivity index (χ1) is 9.60. The highest BCUT2D eigenvalue weighted by Gasteiger charge is 2.12. The largest absolute Gasteiger partial charge is 0.497 e. The van der Waals surface area contributed by atoms with Gasteiger partial charge in [-0.05, 0) is 29.8 Å². The van der Waals surface area contributed by atoms with Crippen molar-refractivity contribution in [2.75, 3.05) is 7.11 Å². The molecule has 0 aromatic heterocycles. The van der Waals surface area contributed by atoms with Crippen molar-refractivity contribution in [1.82, 2.24) is 0 Å². The number of hydrogen-bond acceptors (Lipinski definition) is 3. The Hall–Kier alpha value is -2.56. The first-order valence-corrected chi connectivity index (χ1v) is 5.88. The van der Waals surface area contributed by atoms with Crippen LogP contribution in [0.4, 0.5) is 4.39 Å². The summed E-state index contributed by atoms with van der Waals surface area (Å²) in [6.45, 7) is 0.126. The van der Waals surface area contributed by atoms with Crippen LogP contribution in [-0.4, -0.2) is 18.2 Å². The molecule has 0 aliphatic rings. The van der Waals surface area contributed by atoms with E-state index < -0.39 is 11.8 Å². The highest BCUT2D eigenvalue weighted by Crippen LogP contribution is 2.22. The third-order valence-electron chi connectivity index (χ3n) is 2.70. The van der Waals surface area contributed by atoms with E-state index in [4.69, 9.17) is 14.6 Å². The quantitative estimate of drug-likeness (QED) is 0.911. The number of hydrogen-bond donors (Lipinski definition) is 1. The number of rotatable bonds is 5. The Bertz CT molecular complexity index is 625. The van der Waals surface area contributed by atoms with Crippen molar-refractivity contribution < 1.29 is 23.8 Å². The van der Waals surface area contributed by atoms with Gasteiger partial charge >= 0.3 is 5.97 Å². The maximum Gasteiger partial charge on any atom is 0.339 e. The molecule has 5 heteroatoms. The van der Waals surface area contributed by atoms with Gasteiger partial charge in [0.15, 0.2) is 0 Å². The van der Waals surface area contributed by atoms with Gasteiger partial charge in [-0.15, -0.1) is 0 Å². The Kier molecular flexibility index (Phi) is 4.20. The van der Waals surface area contributed by atoms with Crippen LogP contribution >= 0.6 is 0 Å². The minimum absolute atomic E-state index is 0.000296. The fourth-order valence-electron chi connectivity index (χ4n) is 1.72. The van der Waals surface area contributed by atoms with E-state index in [9.17, 15) is 9.18 Å². The topological polar surface area (TPSA) is 55.8 Å². The van der Waals surface area contributed by atoms with Gasteiger partial charge in [-0.25, -0.2) is 9.18 Å². The summed E-state index contributed by atoms with van der Waals surface area (Å²) in [6, 6.07) is 10.5. The summed E-state index contributed by atoms with van der Waals surface area (Å²) in [5.41, 5.74) is 0.722. The van der Waals surface area contributed by atoms with Crippen LogP contribution < -0.4 is 9.47 Å². The van der Waals surface area contributed by atoms with Gasteiger partial charge in [0.05, 0.1) is 7.11 Å². The van der Waals surface area contributed by atoms with Gasteiger partial charge < -0.3 is 14.6 Å². The first kappa shape index (κ1) is 13.9. The molecular formula is C15H13FO4. The van der Waals surface area contributed by atoms with Crippen LogP contribution in [0.2, 0.25) is 0 Å². The molecule has 1 N–H and O–H groups in total. The van der Waals surface area contributed by atoms with Crippen LogP contribution in [0.3, 0.4) is 0 Å². The van der Waals surface area contributed by atoms with Gasteiger partial charge in [-0.1, -0.05) is 12.1 Å². The third kappa shape index (κ3) is 3.26. The second kappa shape index (κ2) is 6.06. The highest BCUT2D eigenvalue weighted by molar-refractivity contribution is 5.90. The molecule has 0 bridgehead atoms. The van der Waals surface area contributed by atoms with E-state index in [1.54, 1.807) is 25.3 Å². The minimum atomic E-state index is -1.16. The van der Waals surface area contributed by atoms with E-state index in [0.717, 1.165) is 17.7 Å². The molecule has 20 heavy (non-hydrogen) atoms. The van der Waals surface area contributed by atoms with Crippen molar-refractivity contribution in [3.05, 3.63) is 59.4 Å². The van der Waals surface area contributed by atoms with Crippen molar-refractivity contribution in [3.63, 3.8) is 0 Å². The fourth-order valence-corrected chi connectivity index (χ4v) is 1.72. The number of ether oxygens (including phenoxy) is 2. The number of methoxy groups -OCH3 is 1. The number of carboxylic acids is 1. The standard InChI is InChI=1S/C15H13FO4/c1-19-12-4-2-3-10(7-12)9-20-14-8-11(16)5-6-13(14)15(17)18/h2-8H,9H2,1H3,(H,17,18). The number of carboxylic acid groups (broad SMARTS) is 1. The molecule has 2 aromatic carbocycles. The Morgan fingerprint density at radius 3 is 2.75 bits per heavy atom. The molecule has 0 heterocycles. The molecule has 104 valence electrons. The minimum Gasteiger partial charge on any atom is -0.497 e. The molecule has 0 radical (unpaired) electrons. The van der Waals surface area contributed by atoms with E-state index in [0.29, 0.717) is 5.75 Å². The number of aromatic carboxylic acids is 1. The van der Waals surface area contributed by atoms with Crippen molar-refractivity contribution >= 4 is 5.97 Å². The zero-order valence-electron chi connectivity index (χ0n) is 10.8. The molecule has 2 aromatic rings. The number of benzene rings is 2. The van der Waals surface area contributed by atoms with E-state index in [2.05, 4.69) is 0 Å². The third-order valence-corrected chi connectivity index (χ3v) is 2.70. The SMILES string of the molecule is COc1cccc(COc2cc(F)ccc2C(=O)O)c1. The smallest absolute Gasteiger partial charge is 0.339 e. The van der Waals surface area contributed by atoms with E-state index in [-0.39, 0.29) is 17.9 Å². The van der Waals surface area contributed by atoms with Gasteiger partial charge in [0, 0.05) is 6.07 Å². The lowest BCUT2D eigenvalue weighted by atomic mass is 10.2. The second-order valence-corrected chi connectivity index (χ2v) is 4.09. The van der Waals surface area contributed by atoms with Crippen molar-refractivity contribution in [2.45, 2.75) is 6.61 Å². The van der Waals surface area contributed by atoms with E-state index in [1.165, 1.54) is 6.07 Å². The van der Waals surface area contributed by atoms with Crippen LogP contribution in [0.15, 0.2) is 42.5 Å². The van der Waals surface area contributed by atoms with Gasteiger partial charge in [-0.3, -0.25) is 0 Å². The Labute approximate surface area is 115 Å². The van der Waals surface area contributed by atoms with Gasteiger partial charge in [0.25, 0.3) is 0 Å². The zero-order chi connectivity index (χ0) is 14.5. The molecule has 0 aliphatic carbocycles. The molecule has 4 nitrogen and oxygen atoms in total. The summed E-state index contributed by atoms with van der Waals surface area (Å²) in [4.78, 5) is 11.0. The van der Waals surface area contributed by atoms with Crippen LogP contribution in [0, 0.1) is 5.82 Å². The molecule has 0 saturated heterocycles. The fraction of sp³-hybridized carbons (Fsp3) is 0.133. The summed E-state index contributed by atoms with van der Waals surface area (Å²) >= 11 is 0. The normalized spacial score (nSPS) is 10.1. The van der Waals surface area contributed by atoms with Gasteiger partial charge in [0.2, 0.25) is 0 Å². The van der Waals surface area contributed by atoms with Crippen LogP contribution in [0.1, 0.15) is 15.9 Å². The van der Waals surface area contributed by atoms with Crippen molar-refractivity contribution in [1.29, 1.82) is 0 Å². The number of carbonyl (C=O) groups is 1. The van der Waals surface area contributed by atoms with Gasteiger partial charge in [0.1, 0.15) is 29.5 Å². The highest BCUT2D eigenvalue weighted by atomic mass is 19.1. The average Bonchev–Trinajstić information content (AvgIpc) is 2.45. The molecule has 0 aliphatic heterocycles. The number of halogens is 1. The molecule has 0 saturated carbocycles. The molecule has 0 atom stereocenters. The van der Waals surface area contributed by atoms with Crippen LogP contribution in [0.25, 0.3) is 0 Å². The second-order valence-electron chi connectivity index (χ2n) is 4.09. The summed E-state index contributed by atoms with van der Waals surface area (Å²) < 4.78 is 23.6. The van der Waals surface area contributed by atoms with Crippen molar-refractivity contribution in [2.24, 2.45) is 0 Å². The van der Waals surface area contributed by atoms with Crippen LogP contribution in [0.5, 0.6) is 11.5 Å². The first-order valence-electron chi connectivity index (χ1n) is 5.88. The van der Waals surface area contributed by atoms with E-state index in [1.807, 2.05) is 6.07 Å². The monoisotopic (exact) mass is 276 g/mol. The maximum absolute atomic E-state index is 13.2. The lowest BCUT2D eigenvalue weighted by molar-refractivity contribution is 0.0691. The molecule has 0 unspecified atom stereocenters. The Balaban J connectivity index is 2.17. The molecule has 0 spiro atoms. The van der Waals surface area contributed by atoms with Crippen molar-refractivity contribution in [3.8, 4) is 11.5 Å². The summed E-state index contributed by atoms with van der Waals surface area (Å²) in [5, 5.41) is 9.01. The van der Waals surface area contributed by atoms with E-state index >= 15 is 0 Å². The molecule has 2 rings (SSSR count). The summed E-state index contributed by atoms with van der Waals surface area (Å²) in [7, 11) is 1.55. The Morgan fingerprint density at radius 2 is 2.05 bits per heavy atom. The lowest BCUT2D eigenvalue weighted by Crippen LogP contribution is -2.04. The predicted molar refractivity (Wildman–Crippen MR) is 70.7 cm³/mol. The maximum atomic E-state index is 13.2. The summed E-state index contributed by atoms with van der Waals surface area (Å²) in [5.74, 6) is -1.04. The summed E-state index contributed by atoms with van der Waals surface area (Å²) in [6.07, 6.45) is 0. The molecule has 0 fully saturated rings. The Morgan fingerprint density at radius 1 is 1.25 bits per heavy atom. The van der Waals surface area contributed by atoms with Gasteiger partial charge in [-0.2, -0.15) is 0 Å². The molecular weight excluding hydrogens is 263 g/mol. The lowest BCUT2D eigenvalue weighted by Gasteiger charge is -2.10.